The molecule has 0 amide bonds. The molecule has 0 radical (unpaired) electrons. The minimum absolute atomic E-state index is 0.0774. The quantitative estimate of drug-likeness (QED) is 0.216. The number of benzene rings is 3. The zero-order chi connectivity index (χ0) is 29.5. The SMILES string of the molecule is C=C/C=c1/cccc/c1=C(/C)c1c(N=Cc2cccc3c2C(C)C3N)cc(C(/C=C\C)=C/C=C)c(/C=C\C)c1C=C. The highest BCUT2D eigenvalue weighted by Gasteiger charge is 2.32. The third-order valence-corrected chi connectivity index (χ3v) is 7.79. The van der Waals surface area contributed by atoms with Crippen LogP contribution in [0, 0.1) is 0 Å². The number of hydrogen-bond acceptors (Lipinski definition) is 2. The summed E-state index contributed by atoms with van der Waals surface area (Å²) >= 11 is 0. The number of hydrogen-bond donors (Lipinski definition) is 1. The molecular weight excluding hydrogens is 496 g/mol. The Kier molecular flexibility index (Phi) is 9.49. The maximum Gasteiger partial charge on any atom is 0.0717 e. The van der Waals surface area contributed by atoms with Gasteiger partial charge in [-0.25, -0.2) is 0 Å². The average molecular weight is 537 g/mol. The lowest BCUT2D eigenvalue weighted by molar-refractivity contribution is 0.519. The zero-order valence-corrected chi connectivity index (χ0v) is 24.7. The molecule has 0 aromatic heterocycles. The summed E-state index contributed by atoms with van der Waals surface area (Å²) in [5.41, 5.74) is 17.3. The molecule has 2 heteroatoms. The van der Waals surface area contributed by atoms with Crippen LogP contribution in [0.2, 0.25) is 0 Å². The van der Waals surface area contributed by atoms with E-state index in [0.717, 1.165) is 55.1 Å². The van der Waals surface area contributed by atoms with E-state index >= 15 is 0 Å². The molecule has 0 saturated carbocycles. The van der Waals surface area contributed by atoms with Gasteiger partial charge in [-0.15, -0.1) is 0 Å². The predicted octanol–water partition coefficient (Wildman–Crippen LogP) is 8.56. The second kappa shape index (κ2) is 13.2. The molecule has 0 heterocycles. The van der Waals surface area contributed by atoms with Gasteiger partial charge in [0.05, 0.1) is 5.69 Å². The Morgan fingerprint density at radius 2 is 1.73 bits per heavy atom. The highest BCUT2D eigenvalue weighted by atomic mass is 14.7. The third-order valence-electron chi connectivity index (χ3n) is 7.79. The van der Waals surface area contributed by atoms with Crippen molar-refractivity contribution in [3.63, 3.8) is 0 Å². The fraction of sp³-hybridized carbons (Fsp3) is 0.154. The van der Waals surface area contributed by atoms with E-state index in [1.807, 2.05) is 56.5 Å². The van der Waals surface area contributed by atoms with Crippen LogP contribution in [0.1, 0.15) is 78.6 Å². The summed E-state index contributed by atoms with van der Waals surface area (Å²) < 4.78 is 0. The minimum atomic E-state index is 0.0774. The zero-order valence-electron chi connectivity index (χ0n) is 24.7. The smallest absolute Gasteiger partial charge is 0.0717 e. The Balaban J connectivity index is 2.14. The molecule has 2 atom stereocenters. The van der Waals surface area contributed by atoms with Crippen LogP contribution >= 0.6 is 0 Å². The van der Waals surface area contributed by atoms with E-state index in [1.165, 1.54) is 11.1 Å². The van der Waals surface area contributed by atoms with Crippen LogP contribution in [-0.2, 0) is 0 Å². The highest BCUT2D eigenvalue weighted by Crippen LogP contribution is 2.44. The van der Waals surface area contributed by atoms with Crippen molar-refractivity contribution >= 4 is 41.3 Å². The Morgan fingerprint density at radius 3 is 2.41 bits per heavy atom. The van der Waals surface area contributed by atoms with Crippen molar-refractivity contribution in [2.24, 2.45) is 10.7 Å². The van der Waals surface area contributed by atoms with Crippen molar-refractivity contribution in [2.75, 3.05) is 0 Å². The second-order valence-electron chi connectivity index (χ2n) is 10.2. The lowest BCUT2D eigenvalue weighted by Crippen LogP contribution is -2.30. The second-order valence-corrected chi connectivity index (χ2v) is 10.2. The van der Waals surface area contributed by atoms with Gasteiger partial charge in [-0.2, -0.15) is 0 Å². The lowest BCUT2D eigenvalue weighted by Gasteiger charge is -2.36. The first-order chi connectivity index (χ1) is 19.9. The summed E-state index contributed by atoms with van der Waals surface area (Å²) in [7, 11) is 0. The maximum atomic E-state index is 6.37. The summed E-state index contributed by atoms with van der Waals surface area (Å²) in [5.74, 6) is 0.301. The van der Waals surface area contributed by atoms with Crippen LogP contribution < -0.4 is 16.2 Å². The molecule has 4 rings (SSSR count). The van der Waals surface area contributed by atoms with Crippen LogP contribution in [0.25, 0.3) is 29.4 Å². The van der Waals surface area contributed by atoms with Crippen molar-refractivity contribution in [2.45, 2.75) is 39.7 Å². The van der Waals surface area contributed by atoms with Crippen LogP contribution in [-0.4, -0.2) is 6.21 Å². The fourth-order valence-corrected chi connectivity index (χ4v) is 5.81. The topological polar surface area (TPSA) is 38.4 Å². The first kappa shape index (κ1) is 29.5. The van der Waals surface area contributed by atoms with E-state index in [1.54, 1.807) is 0 Å². The Bertz CT molecular complexity index is 1740. The maximum absolute atomic E-state index is 6.37. The molecule has 0 bridgehead atoms. The molecule has 0 spiro atoms. The van der Waals surface area contributed by atoms with E-state index < -0.39 is 0 Å². The molecule has 2 nitrogen and oxygen atoms in total. The Morgan fingerprint density at radius 1 is 0.951 bits per heavy atom. The van der Waals surface area contributed by atoms with Gasteiger partial charge in [-0.1, -0.05) is 124 Å². The van der Waals surface area contributed by atoms with Crippen LogP contribution in [0.5, 0.6) is 0 Å². The molecular formula is C39H40N2. The van der Waals surface area contributed by atoms with Gasteiger partial charge in [0, 0.05) is 23.7 Å². The van der Waals surface area contributed by atoms with Crippen LogP contribution in [0.3, 0.4) is 0 Å². The summed E-state index contributed by atoms with van der Waals surface area (Å²) in [6, 6.07) is 17.0. The number of aliphatic imine (C=N–C) groups is 1. The largest absolute Gasteiger partial charge is 0.323 e. The lowest BCUT2D eigenvalue weighted by atomic mass is 9.72. The van der Waals surface area contributed by atoms with Crippen molar-refractivity contribution in [3.8, 4) is 0 Å². The van der Waals surface area contributed by atoms with Gasteiger partial charge >= 0.3 is 0 Å². The first-order valence-corrected chi connectivity index (χ1v) is 14.1. The molecule has 0 saturated heterocycles. The van der Waals surface area contributed by atoms with Gasteiger partial charge in [-0.3, -0.25) is 4.99 Å². The van der Waals surface area contributed by atoms with E-state index in [9.17, 15) is 0 Å². The summed E-state index contributed by atoms with van der Waals surface area (Å²) in [5, 5.41) is 2.24. The van der Waals surface area contributed by atoms with E-state index in [0.29, 0.717) is 5.92 Å². The minimum Gasteiger partial charge on any atom is -0.323 e. The molecule has 206 valence electrons. The number of allylic oxidation sites excluding steroid dienone is 7. The van der Waals surface area contributed by atoms with E-state index in [-0.39, 0.29) is 6.04 Å². The van der Waals surface area contributed by atoms with Crippen LogP contribution in [0.15, 0.2) is 110 Å². The first-order valence-electron chi connectivity index (χ1n) is 14.1. The average Bonchev–Trinajstić information content (AvgIpc) is 2.99. The molecule has 2 unspecified atom stereocenters. The summed E-state index contributed by atoms with van der Waals surface area (Å²) in [4.78, 5) is 5.20. The normalized spacial score (nSPS) is 18.1. The number of nitrogens with zero attached hydrogens (tertiary/aromatic N) is 1. The van der Waals surface area contributed by atoms with Crippen molar-refractivity contribution in [1.82, 2.24) is 0 Å². The highest BCUT2D eigenvalue weighted by molar-refractivity contribution is 5.95. The standard InChI is InChI=1S/C39H40N2/c1-8-16-28(17-9-2)35-24-36(41-25-30-21-15-23-34-37(30)27(7)39(34)40)38(31(12-5)33(35)19-11-4)26(6)32-22-14-13-20-29(32)18-10-3/h8-25,27,39H,1,3,5,40H2,2,4,6-7H3/b17-9-,19-11-,28-16+,29-18-,32-26+,41-25?. The van der Waals surface area contributed by atoms with Crippen molar-refractivity contribution in [3.05, 3.63) is 154 Å². The molecule has 0 fully saturated rings. The van der Waals surface area contributed by atoms with Gasteiger partial charge in [0.15, 0.2) is 0 Å². The number of nitrogens with two attached hydrogens (primary N) is 1. The van der Waals surface area contributed by atoms with Gasteiger partial charge in [0.2, 0.25) is 0 Å². The third kappa shape index (κ3) is 5.70. The van der Waals surface area contributed by atoms with E-state index in [4.69, 9.17) is 10.7 Å². The summed E-state index contributed by atoms with van der Waals surface area (Å²) in [6.07, 6.45) is 20.1. The number of fused-ring (bicyclic) bond motifs is 1. The molecule has 2 N–H and O–H groups in total. The van der Waals surface area contributed by atoms with Gasteiger partial charge in [0.1, 0.15) is 0 Å². The predicted molar refractivity (Wildman–Crippen MR) is 182 cm³/mol. The van der Waals surface area contributed by atoms with Gasteiger partial charge in [-0.05, 0) is 81.8 Å². The molecule has 1 aliphatic carbocycles. The van der Waals surface area contributed by atoms with E-state index in [2.05, 4.69) is 100 Å². The van der Waals surface area contributed by atoms with Gasteiger partial charge < -0.3 is 5.73 Å². The molecule has 3 aromatic carbocycles. The van der Waals surface area contributed by atoms with Crippen molar-refractivity contribution < 1.29 is 0 Å². The Hall–Kier alpha value is -4.53. The summed E-state index contributed by atoms with van der Waals surface area (Å²) in [6.45, 7) is 20.6. The van der Waals surface area contributed by atoms with Crippen LogP contribution in [0.4, 0.5) is 5.69 Å². The molecule has 0 aliphatic heterocycles. The van der Waals surface area contributed by atoms with Gasteiger partial charge in [0.25, 0.3) is 0 Å². The fourth-order valence-electron chi connectivity index (χ4n) is 5.81. The molecule has 41 heavy (non-hydrogen) atoms. The monoisotopic (exact) mass is 536 g/mol. The molecule has 1 aliphatic rings. The number of rotatable bonds is 9. The molecule has 3 aromatic rings. The van der Waals surface area contributed by atoms with Crippen molar-refractivity contribution in [1.29, 1.82) is 0 Å². The Labute approximate surface area is 245 Å².